The Balaban J connectivity index is 2.87. The molecule has 3 heteroatoms. The molecule has 56 valence electrons. The monoisotopic (exact) mass is 167 g/mol. The predicted molar refractivity (Wildman–Crippen MR) is 43.8 cm³/mol. The van der Waals surface area contributed by atoms with Gasteiger partial charge in [-0.2, -0.15) is 0 Å². The van der Waals surface area contributed by atoms with Gasteiger partial charge in [-0.05, 0) is 25.1 Å². The summed E-state index contributed by atoms with van der Waals surface area (Å²) in [7, 11) is 0. The third-order valence-electron chi connectivity index (χ3n) is 1.61. The lowest BCUT2D eigenvalue weighted by Gasteiger charge is -1.87. The van der Waals surface area contributed by atoms with Gasteiger partial charge in [0.2, 0.25) is 0 Å². The quantitative estimate of drug-likeness (QED) is 0.603. The average Bonchev–Trinajstić information content (AvgIpc) is 2.33. The van der Waals surface area contributed by atoms with Crippen molar-refractivity contribution in [3.63, 3.8) is 0 Å². The van der Waals surface area contributed by atoms with E-state index < -0.39 is 0 Å². The lowest BCUT2D eigenvalue weighted by Crippen LogP contribution is -1.69. The van der Waals surface area contributed by atoms with Crippen LogP contribution in [0.1, 0.15) is 5.69 Å². The maximum absolute atomic E-state index is 5.78. The molecule has 0 spiro atoms. The second-order valence-corrected chi connectivity index (χ2v) is 2.84. The van der Waals surface area contributed by atoms with Crippen LogP contribution < -0.4 is 0 Å². The van der Waals surface area contributed by atoms with Crippen molar-refractivity contribution in [3.05, 3.63) is 28.9 Å². The highest BCUT2D eigenvalue weighted by Crippen LogP contribution is 2.21. The molecule has 2 nitrogen and oxygen atoms in total. The molecule has 0 atom stereocenters. The Morgan fingerprint density at radius 3 is 3.09 bits per heavy atom. The summed E-state index contributed by atoms with van der Waals surface area (Å²) in [6.45, 7) is 1.89. The predicted octanol–water partition coefficient (Wildman–Crippen LogP) is 2.79. The number of aromatic nitrogens is 1. The van der Waals surface area contributed by atoms with Gasteiger partial charge in [-0.15, -0.1) is 0 Å². The van der Waals surface area contributed by atoms with E-state index in [-0.39, 0.29) is 0 Å². The molecule has 0 bridgehead atoms. The maximum Gasteiger partial charge on any atom is 0.167 e. The normalized spacial score (nSPS) is 10.7. The van der Waals surface area contributed by atoms with Crippen molar-refractivity contribution in [2.45, 2.75) is 6.92 Å². The minimum Gasteiger partial charge on any atom is -0.356 e. The molecule has 0 aliphatic rings. The molecule has 1 aromatic heterocycles. The first-order valence-corrected chi connectivity index (χ1v) is 3.67. The molecule has 0 aliphatic heterocycles. The van der Waals surface area contributed by atoms with Crippen LogP contribution in [-0.2, 0) is 0 Å². The molecule has 0 saturated carbocycles. The van der Waals surface area contributed by atoms with E-state index in [1.165, 1.54) is 0 Å². The van der Waals surface area contributed by atoms with Gasteiger partial charge in [0.1, 0.15) is 0 Å². The van der Waals surface area contributed by atoms with Crippen molar-refractivity contribution in [1.29, 1.82) is 0 Å². The Kier molecular flexibility index (Phi) is 1.36. The third-order valence-corrected chi connectivity index (χ3v) is 1.85. The summed E-state index contributed by atoms with van der Waals surface area (Å²) in [6.07, 6.45) is 0. The van der Waals surface area contributed by atoms with Crippen LogP contribution in [0.15, 0.2) is 22.7 Å². The minimum absolute atomic E-state index is 0.712. The molecular formula is C8H6ClNO. The Morgan fingerprint density at radius 2 is 2.27 bits per heavy atom. The Hall–Kier alpha value is -1.02. The lowest BCUT2D eigenvalue weighted by molar-refractivity contribution is 0.450. The summed E-state index contributed by atoms with van der Waals surface area (Å²) >= 11 is 5.78. The first-order chi connectivity index (χ1) is 5.27. The van der Waals surface area contributed by atoms with Gasteiger partial charge in [0.05, 0.1) is 5.69 Å². The van der Waals surface area contributed by atoms with Gasteiger partial charge in [0.25, 0.3) is 0 Å². The van der Waals surface area contributed by atoms with Crippen molar-refractivity contribution in [1.82, 2.24) is 5.16 Å². The number of fused-ring (bicyclic) bond motifs is 1. The van der Waals surface area contributed by atoms with Crippen LogP contribution in [0.4, 0.5) is 0 Å². The fourth-order valence-corrected chi connectivity index (χ4v) is 1.20. The second kappa shape index (κ2) is 2.24. The second-order valence-electron chi connectivity index (χ2n) is 2.41. The van der Waals surface area contributed by atoms with Crippen molar-refractivity contribution < 1.29 is 4.52 Å². The molecule has 0 radical (unpaired) electrons. The molecule has 11 heavy (non-hydrogen) atoms. The van der Waals surface area contributed by atoms with Crippen molar-refractivity contribution in [2.75, 3.05) is 0 Å². The Labute approximate surface area is 68.7 Å². The number of benzene rings is 1. The van der Waals surface area contributed by atoms with Gasteiger partial charge in [-0.25, -0.2) is 0 Å². The van der Waals surface area contributed by atoms with E-state index in [0.717, 1.165) is 16.7 Å². The molecule has 2 rings (SSSR count). The van der Waals surface area contributed by atoms with Crippen molar-refractivity contribution >= 4 is 22.6 Å². The van der Waals surface area contributed by atoms with Crippen molar-refractivity contribution in [3.8, 4) is 0 Å². The molecule has 1 aromatic carbocycles. The van der Waals surface area contributed by atoms with Crippen molar-refractivity contribution in [2.24, 2.45) is 0 Å². The number of hydrogen-bond donors (Lipinski definition) is 0. The van der Waals surface area contributed by atoms with Gasteiger partial charge in [-0.1, -0.05) is 16.8 Å². The number of hydrogen-bond acceptors (Lipinski definition) is 2. The third kappa shape index (κ3) is 0.994. The fourth-order valence-electron chi connectivity index (χ4n) is 1.03. The maximum atomic E-state index is 5.78. The number of aryl methyl sites for hydroxylation is 1. The zero-order valence-corrected chi connectivity index (χ0v) is 6.72. The molecule has 0 N–H and O–H groups in total. The minimum atomic E-state index is 0.712. The smallest absolute Gasteiger partial charge is 0.167 e. The van der Waals surface area contributed by atoms with Crippen LogP contribution in [0, 0.1) is 6.92 Å². The molecule has 2 aromatic rings. The number of nitrogens with zero attached hydrogens (tertiary/aromatic N) is 1. The summed E-state index contributed by atoms with van der Waals surface area (Å²) in [5.74, 6) is 0. The van der Waals surface area contributed by atoms with Crippen LogP contribution >= 0.6 is 11.6 Å². The number of rotatable bonds is 0. The van der Waals surface area contributed by atoms with E-state index >= 15 is 0 Å². The van der Waals surface area contributed by atoms with Crippen LogP contribution in [0.25, 0.3) is 11.0 Å². The first kappa shape index (κ1) is 6.68. The molecular weight excluding hydrogens is 162 g/mol. The van der Waals surface area contributed by atoms with Crippen LogP contribution in [-0.4, -0.2) is 5.16 Å². The summed E-state index contributed by atoms with van der Waals surface area (Å²) in [5.41, 5.74) is 1.66. The summed E-state index contributed by atoms with van der Waals surface area (Å²) in [5, 5.41) is 5.50. The first-order valence-electron chi connectivity index (χ1n) is 3.29. The highest BCUT2D eigenvalue weighted by atomic mass is 35.5. The van der Waals surface area contributed by atoms with Gasteiger partial charge < -0.3 is 4.52 Å². The lowest BCUT2D eigenvalue weighted by atomic mass is 10.2. The molecule has 0 unspecified atom stereocenters. The summed E-state index contributed by atoms with van der Waals surface area (Å²) < 4.78 is 5.00. The number of halogens is 1. The van der Waals surface area contributed by atoms with E-state index in [9.17, 15) is 0 Å². The fraction of sp³-hybridized carbons (Fsp3) is 0.125. The Bertz CT molecular complexity index is 394. The Morgan fingerprint density at radius 1 is 1.45 bits per heavy atom. The summed E-state index contributed by atoms with van der Waals surface area (Å²) in [6, 6.07) is 5.45. The largest absolute Gasteiger partial charge is 0.356 e. The standard InChI is InChI=1S/C8H6ClNO/c1-5-7-4-6(9)2-3-8(7)11-10-5/h2-4H,1H3. The zero-order valence-electron chi connectivity index (χ0n) is 5.97. The van der Waals surface area contributed by atoms with Crippen LogP contribution in [0.5, 0.6) is 0 Å². The van der Waals surface area contributed by atoms with Gasteiger partial charge >= 0.3 is 0 Å². The molecule has 0 fully saturated rings. The topological polar surface area (TPSA) is 26.0 Å². The van der Waals surface area contributed by atoms with Crippen LogP contribution in [0.3, 0.4) is 0 Å². The van der Waals surface area contributed by atoms with E-state index in [0.29, 0.717) is 5.02 Å². The zero-order chi connectivity index (χ0) is 7.84. The van der Waals surface area contributed by atoms with Gasteiger partial charge in [0, 0.05) is 10.4 Å². The van der Waals surface area contributed by atoms with E-state index in [4.69, 9.17) is 16.1 Å². The average molecular weight is 168 g/mol. The summed E-state index contributed by atoms with van der Waals surface area (Å²) in [4.78, 5) is 0. The van der Waals surface area contributed by atoms with Gasteiger partial charge in [-0.3, -0.25) is 0 Å². The van der Waals surface area contributed by atoms with E-state index in [1.807, 2.05) is 19.1 Å². The highest BCUT2D eigenvalue weighted by Gasteiger charge is 2.02. The highest BCUT2D eigenvalue weighted by molar-refractivity contribution is 6.31. The van der Waals surface area contributed by atoms with Crippen LogP contribution in [0.2, 0.25) is 5.02 Å². The molecule has 1 heterocycles. The SMILES string of the molecule is Cc1noc2ccc(Cl)cc12. The van der Waals surface area contributed by atoms with E-state index in [2.05, 4.69) is 5.16 Å². The van der Waals surface area contributed by atoms with E-state index in [1.54, 1.807) is 6.07 Å². The van der Waals surface area contributed by atoms with Gasteiger partial charge in [0.15, 0.2) is 5.58 Å². The molecule has 0 aliphatic carbocycles. The molecule has 0 saturated heterocycles. The molecule has 0 amide bonds.